The Kier molecular flexibility index (Phi) is 5.40. The van der Waals surface area contributed by atoms with Gasteiger partial charge in [0, 0.05) is 18.0 Å². The molecule has 6 heteroatoms. The number of benzene rings is 1. The van der Waals surface area contributed by atoms with Gasteiger partial charge in [-0.05, 0) is 24.6 Å². The van der Waals surface area contributed by atoms with Gasteiger partial charge in [-0.25, -0.2) is 0 Å². The van der Waals surface area contributed by atoms with Crippen LogP contribution in [0, 0.1) is 0 Å². The molecule has 1 N–H and O–H groups in total. The van der Waals surface area contributed by atoms with Crippen molar-refractivity contribution in [1.29, 1.82) is 0 Å². The quantitative estimate of drug-likeness (QED) is 0.353. The third-order valence-electron chi connectivity index (χ3n) is 1.99. The molecule has 0 aliphatic rings. The molecule has 0 saturated heterocycles. The van der Waals surface area contributed by atoms with Gasteiger partial charge >= 0.3 is 0 Å². The van der Waals surface area contributed by atoms with Gasteiger partial charge in [-0.1, -0.05) is 17.2 Å². The summed E-state index contributed by atoms with van der Waals surface area (Å²) in [6.07, 6.45) is 0. The summed E-state index contributed by atoms with van der Waals surface area (Å²) in [6.45, 7) is 2.90. The zero-order valence-corrected chi connectivity index (χ0v) is 9.59. The first-order chi connectivity index (χ1) is 8.29. The number of amides is 1. The maximum absolute atomic E-state index is 11.8. The number of azide groups is 1. The number of hydrogen-bond acceptors (Lipinski definition) is 3. The summed E-state index contributed by atoms with van der Waals surface area (Å²) in [7, 11) is 0. The lowest BCUT2D eigenvalue weighted by Gasteiger charge is -2.09. The maximum Gasteiger partial charge on any atom is 0.255 e. The largest absolute Gasteiger partial charge is 0.493 e. The first-order valence-electron chi connectivity index (χ1n) is 5.30. The van der Waals surface area contributed by atoms with Crippen molar-refractivity contribution in [3.63, 3.8) is 0 Å². The van der Waals surface area contributed by atoms with Crippen molar-refractivity contribution in [2.75, 3.05) is 19.7 Å². The summed E-state index contributed by atoms with van der Waals surface area (Å²) < 4.78 is 5.34. The maximum atomic E-state index is 11.8. The van der Waals surface area contributed by atoms with E-state index in [1.54, 1.807) is 18.2 Å². The zero-order chi connectivity index (χ0) is 12.5. The third-order valence-corrected chi connectivity index (χ3v) is 1.99. The second-order valence-electron chi connectivity index (χ2n) is 3.14. The molecule has 0 aliphatic carbocycles. The van der Waals surface area contributed by atoms with E-state index in [0.717, 1.165) is 0 Å². The molecular weight excluding hydrogens is 220 g/mol. The molecule has 1 rings (SSSR count). The number of ether oxygens (including phenoxy) is 1. The van der Waals surface area contributed by atoms with Crippen LogP contribution >= 0.6 is 0 Å². The van der Waals surface area contributed by atoms with Crippen LogP contribution in [0.3, 0.4) is 0 Å². The van der Waals surface area contributed by atoms with Crippen LogP contribution < -0.4 is 10.1 Å². The lowest BCUT2D eigenvalue weighted by Crippen LogP contribution is -2.26. The Balaban J connectivity index is 2.64. The van der Waals surface area contributed by atoms with Crippen molar-refractivity contribution in [3.05, 3.63) is 40.3 Å². The summed E-state index contributed by atoms with van der Waals surface area (Å²) in [4.78, 5) is 14.4. The zero-order valence-electron chi connectivity index (χ0n) is 9.59. The minimum Gasteiger partial charge on any atom is -0.493 e. The molecule has 1 aromatic rings. The number of nitrogens with zero attached hydrogens (tertiary/aromatic N) is 3. The molecule has 0 aromatic heterocycles. The molecule has 90 valence electrons. The van der Waals surface area contributed by atoms with Gasteiger partial charge < -0.3 is 10.1 Å². The number of hydrogen-bond donors (Lipinski definition) is 1. The second-order valence-corrected chi connectivity index (χ2v) is 3.14. The molecule has 0 spiro atoms. The molecule has 1 amide bonds. The Bertz CT molecular complexity index is 427. The van der Waals surface area contributed by atoms with Crippen LogP contribution in [0.2, 0.25) is 0 Å². The average molecular weight is 234 g/mol. The molecule has 0 atom stereocenters. The number of carbonyl (C=O) groups excluding carboxylic acids is 1. The molecule has 0 saturated carbocycles. The van der Waals surface area contributed by atoms with Crippen LogP contribution in [0.5, 0.6) is 5.75 Å². The Hall–Kier alpha value is -2.20. The predicted molar refractivity (Wildman–Crippen MR) is 64.0 cm³/mol. The highest BCUT2D eigenvalue weighted by atomic mass is 16.5. The van der Waals surface area contributed by atoms with E-state index in [2.05, 4.69) is 15.3 Å². The Morgan fingerprint density at radius 3 is 3.00 bits per heavy atom. The highest BCUT2D eigenvalue weighted by Gasteiger charge is 2.10. The summed E-state index contributed by atoms with van der Waals surface area (Å²) in [5.41, 5.74) is 8.57. The summed E-state index contributed by atoms with van der Waals surface area (Å²) >= 11 is 0. The number of carbonyl (C=O) groups is 1. The Morgan fingerprint density at radius 2 is 2.29 bits per heavy atom. The van der Waals surface area contributed by atoms with Crippen molar-refractivity contribution in [2.24, 2.45) is 5.11 Å². The van der Waals surface area contributed by atoms with E-state index in [1.165, 1.54) is 0 Å². The molecule has 0 bridgehead atoms. The second kappa shape index (κ2) is 7.14. The van der Waals surface area contributed by atoms with Crippen molar-refractivity contribution in [1.82, 2.24) is 5.32 Å². The van der Waals surface area contributed by atoms with Crippen LogP contribution in [-0.4, -0.2) is 25.6 Å². The topological polar surface area (TPSA) is 87.1 Å². The highest BCUT2D eigenvalue weighted by molar-refractivity contribution is 5.96. The van der Waals surface area contributed by atoms with Crippen molar-refractivity contribution in [3.8, 4) is 5.75 Å². The first kappa shape index (κ1) is 12.9. The van der Waals surface area contributed by atoms with Gasteiger partial charge in [-0.15, -0.1) is 0 Å². The van der Waals surface area contributed by atoms with Gasteiger partial charge in [0.05, 0.1) is 12.2 Å². The number of rotatable bonds is 6. The first-order valence-corrected chi connectivity index (χ1v) is 5.30. The molecule has 0 unspecified atom stereocenters. The van der Waals surface area contributed by atoms with E-state index < -0.39 is 0 Å². The van der Waals surface area contributed by atoms with Crippen LogP contribution in [0.25, 0.3) is 10.4 Å². The Morgan fingerprint density at radius 1 is 1.53 bits per heavy atom. The van der Waals surface area contributed by atoms with Crippen molar-refractivity contribution >= 4 is 5.91 Å². The van der Waals surface area contributed by atoms with E-state index in [4.69, 9.17) is 10.3 Å². The van der Waals surface area contributed by atoms with Crippen molar-refractivity contribution in [2.45, 2.75) is 6.92 Å². The van der Waals surface area contributed by atoms with Gasteiger partial charge in [0.15, 0.2) is 0 Å². The monoisotopic (exact) mass is 234 g/mol. The third kappa shape index (κ3) is 4.04. The molecule has 6 nitrogen and oxygen atoms in total. The fourth-order valence-electron chi connectivity index (χ4n) is 1.29. The molecular formula is C11H14N4O2. The molecule has 0 aliphatic heterocycles. The van der Waals surface area contributed by atoms with Gasteiger partial charge in [0.25, 0.3) is 5.91 Å². The molecule has 0 fully saturated rings. The van der Waals surface area contributed by atoms with E-state index in [9.17, 15) is 4.79 Å². The summed E-state index contributed by atoms with van der Waals surface area (Å²) in [5, 5.41) is 5.98. The summed E-state index contributed by atoms with van der Waals surface area (Å²) in [5.74, 6) is 0.318. The molecule has 1 aromatic carbocycles. The SMILES string of the molecule is CCOc1ccccc1C(=O)NCCN=[N+]=[N-]. The average Bonchev–Trinajstić information content (AvgIpc) is 2.35. The minimum atomic E-state index is -0.234. The molecule has 0 radical (unpaired) electrons. The van der Waals surface area contributed by atoms with Crippen LogP contribution in [0.4, 0.5) is 0 Å². The van der Waals surface area contributed by atoms with Gasteiger partial charge in [0.2, 0.25) is 0 Å². The van der Waals surface area contributed by atoms with Gasteiger partial charge in [0.1, 0.15) is 5.75 Å². The number of nitrogens with one attached hydrogen (secondary N) is 1. The van der Waals surface area contributed by atoms with Gasteiger partial charge in [-0.2, -0.15) is 0 Å². The van der Waals surface area contributed by atoms with Crippen molar-refractivity contribution < 1.29 is 9.53 Å². The van der Waals surface area contributed by atoms with E-state index in [1.807, 2.05) is 13.0 Å². The van der Waals surface area contributed by atoms with E-state index in [-0.39, 0.29) is 12.5 Å². The van der Waals surface area contributed by atoms with Crippen LogP contribution in [0.15, 0.2) is 29.4 Å². The standard InChI is InChI=1S/C11H14N4O2/c1-2-17-10-6-4-3-5-9(10)11(16)13-7-8-14-15-12/h3-6H,2,7-8H2,1H3,(H,13,16). The van der Waals surface area contributed by atoms with E-state index >= 15 is 0 Å². The highest BCUT2D eigenvalue weighted by Crippen LogP contribution is 2.17. The lowest BCUT2D eigenvalue weighted by atomic mass is 10.2. The van der Waals surface area contributed by atoms with Crippen LogP contribution in [-0.2, 0) is 0 Å². The smallest absolute Gasteiger partial charge is 0.255 e. The summed E-state index contributed by atoms with van der Waals surface area (Å²) in [6, 6.07) is 7.01. The molecule has 0 heterocycles. The van der Waals surface area contributed by atoms with Gasteiger partial charge in [-0.3, -0.25) is 4.79 Å². The van der Waals surface area contributed by atoms with Crippen LogP contribution in [0.1, 0.15) is 17.3 Å². The Labute approximate surface area is 99.2 Å². The lowest BCUT2D eigenvalue weighted by molar-refractivity contribution is 0.0951. The van der Waals surface area contributed by atoms with E-state index in [0.29, 0.717) is 24.5 Å². The minimum absolute atomic E-state index is 0.234. The number of para-hydroxylation sites is 1. The normalized spacial score (nSPS) is 9.24. The molecule has 17 heavy (non-hydrogen) atoms. The predicted octanol–water partition coefficient (Wildman–Crippen LogP) is 2.13. The fourth-order valence-corrected chi connectivity index (χ4v) is 1.29. The fraction of sp³-hybridized carbons (Fsp3) is 0.364.